The summed E-state index contributed by atoms with van der Waals surface area (Å²) in [5.74, 6) is -0.0778. The SMILES string of the molecule is CC(=O)NCC(=Cc1ccc2ccccc2c1)B1OC(C)(C)C(C)(C)O1. The third kappa shape index (κ3) is 3.84. The van der Waals surface area contributed by atoms with E-state index in [-0.39, 0.29) is 5.91 Å². The van der Waals surface area contributed by atoms with Gasteiger partial charge in [0, 0.05) is 13.5 Å². The lowest BCUT2D eigenvalue weighted by molar-refractivity contribution is -0.118. The van der Waals surface area contributed by atoms with Gasteiger partial charge in [0.25, 0.3) is 0 Å². The Bertz CT molecular complexity index is 841. The molecule has 1 amide bonds. The van der Waals surface area contributed by atoms with Gasteiger partial charge < -0.3 is 14.6 Å². The van der Waals surface area contributed by atoms with E-state index >= 15 is 0 Å². The van der Waals surface area contributed by atoms with Crippen LogP contribution in [0.4, 0.5) is 0 Å². The zero-order valence-corrected chi connectivity index (χ0v) is 16.1. The molecular formula is C21H26BNO3. The van der Waals surface area contributed by atoms with Crippen LogP contribution in [-0.2, 0) is 14.1 Å². The molecule has 2 aromatic rings. The maximum absolute atomic E-state index is 11.4. The highest BCUT2D eigenvalue weighted by Gasteiger charge is 2.52. The van der Waals surface area contributed by atoms with Crippen LogP contribution in [0.5, 0.6) is 0 Å². The molecule has 2 aromatic carbocycles. The Morgan fingerprint density at radius 2 is 1.65 bits per heavy atom. The second-order valence-electron chi connectivity index (χ2n) is 7.82. The highest BCUT2D eigenvalue weighted by molar-refractivity contribution is 6.56. The Balaban J connectivity index is 1.94. The molecule has 136 valence electrons. The standard InChI is InChI=1S/C21H26BNO3/c1-15(24)23-14-19(22-25-20(2,3)21(4,5)26-22)13-16-10-11-17-8-6-7-9-18(17)12-16/h6-13H,14H2,1-5H3,(H,23,24). The molecule has 1 fully saturated rings. The number of carbonyl (C=O) groups excluding carboxylic acids is 1. The topological polar surface area (TPSA) is 47.6 Å². The molecule has 0 radical (unpaired) electrons. The van der Waals surface area contributed by atoms with Crippen molar-refractivity contribution in [1.29, 1.82) is 0 Å². The van der Waals surface area contributed by atoms with E-state index in [0.717, 1.165) is 11.0 Å². The zero-order chi connectivity index (χ0) is 18.9. The van der Waals surface area contributed by atoms with Gasteiger partial charge in [-0.3, -0.25) is 4.79 Å². The largest absolute Gasteiger partial charge is 0.492 e. The van der Waals surface area contributed by atoms with Gasteiger partial charge >= 0.3 is 7.12 Å². The zero-order valence-electron chi connectivity index (χ0n) is 16.1. The van der Waals surface area contributed by atoms with Crippen LogP contribution in [0.1, 0.15) is 40.2 Å². The third-order valence-corrected chi connectivity index (χ3v) is 5.22. The molecule has 0 spiro atoms. The Hall–Kier alpha value is -2.11. The van der Waals surface area contributed by atoms with E-state index in [1.165, 1.54) is 17.7 Å². The first-order chi connectivity index (χ1) is 12.2. The maximum Gasteiger partial charge on any atom is 0.492 e. The van der Waals surface area contributed by atoms with Crippen LogP contribution in [0, 0.1) is 0 Å². The molecule has 1 heterocycles. The molecule has 1 saturated heterocycles. The second kappa shape index (κ2) is 6.90. The van der Waals surface area contributed by atoms with E-state index in [2.05, 4.69) is 35.6 Å². The molecule has 3 rings (SSSR count). The highest BCUT2D eigenvalue weighted by atomic mass is 16.7. The molecule has 0 aliphatic carbocycles. The maximum atomic E-state index is 11.4. The van der Waals surface area contributed by atoms with Crippen LogP contribution in [0.2, 0.25) is 0 Å². The lowest BCUT2D eigenvalue weighted by atomic mass is 9.77. The Morgan fingerprint density at radius 3 is 2.27 bits per heavy atom. The lowest BCUT2D eigenvalue weighted by Crippen LogP contribution is -2.41. The Labute approximate surface area is 155 Å². The van der Waals surface area contributed by atoms with Crippen molar-refractivity contribution in [3.8, 4) is 0 Å². The second-order valence-corrected chi connectivity index (χ2v) is 7.82. The molecule has 1 N–H and O–H groups in total. The van der Waals surface area contributed by atoms with Crippen LogP contribution in [0.3, 0.4) is 0 Å². The molecule has 0 bridgehead atoms. The van der Waals surface area contributed by atoms with E-state index in [4.69, 9.17) is 9.31 Å². The molecule has 26 heavy (non-hydrogen) atoms. The number of amides is 1. The molecule has 0 aromatic heterocycles. The summed E-state index contributed by atoms with van der Waals surface area (Å²) in [6, 6.07) is 14.5. The quantitative estimate of drug-likeness (QED) is 0.848. The molecule has 0 unspecified atom stereocenters. The average Bonchev–Trinajstić information content (AvgIpc) is 2.79. The predicted octanol–water partition coefficient (Wildman–Crippen LogP) is 3.99. The monoisotopic (exact) mass is 351 g/mol. The summed E-state index contributed by atoms with van der Waals surface area (Å²) in [6.07, 6.45) is 2.05. The summed E-state index contributed by atoms with van der Waals surface area (Å²) in [5, 5.41) is 5.24. The number of benzene rings is 2. The summed E-state index contributed by atoms with van der Waals surface area (Å²) in [7, 11) is -0.488. The van der Waals surface area contributed by atoms with Gasteiger partial charge in [-0.15, -0.1) is 0 Å². The summed E-state index contributed by atoms with van der Waals surface area (Å²) in [5.41, 5.74) is 1.11. The molecule has 1 aliphatic heterocycles. The normalized spacial score (nSPS) is 19.0. The van der Waals surface area contributed by atoms with Crippen molar-refractivity contribution in [2.24, 2.45) is 0 Å². The van der Waals surface area contributed by atoms with Gasteiger partial charge in [-0.1, -0.05) is 42.5 Å². The number of nitrogens with one attached hydrogen (secondary N) is 1. The molecule has 0 saturated carbocycles. The molecule has 4 nitrogen and oxygen atoms in total. The van der Waals surface area contributed by atoms with Gasteiger partial charge in [-0.05, 0) is 55.6 Å². The van der Waals surface area contributed by atoms with Crippen LogP contribution in [-0.4, -0.2) is 30.8 Å². The summed E-state index contributed by atoms with van der Waals surface area (Å²) >= 11 is 0. The number of hydrogen-bond donors (Lipinski definition) is 1. The average molecular weight is 351 g/mol. The van der Waals surface area contributed by atoms with Gasteiger partial charge in [0.1, 0.15) is 0 Å². The van der Waals surface area contributed by atoms with Crippen molar-refractivity contribution >= 4 is 29.9 Å². The van der Waals surface area contributed by atoms with Crippen LogP contribution in [0.15, 0.2) is 47.9 Å². The van der Waals surface area contributed by atoms with Crippen LogP contribution in [0.25, 0.3) is 16.8 Å². The fraction of sp³-hybridized carbons (Fsp3) is 0.381. The van der Waals surface area contributed by atoms with E-state index in [9.17, 15) is 4.79 Å². The van der Waals surface area contributed by atoms with Crippen molar-refractivity contribution in [2.75, 3.05) is 6.54 Å². The summed E-state index contributed by atoms with van der Waals surface area (Å²) in [6.45, 7) is 10.0. The van der Waals surface area contributed by atoms with Crippen molar-refractivity contribution in [3.05, 3.63) is 53.5 Å². The molecule has 1 aliphatic rings. The van der Waals surface area contributed by atoms with E-state index < -0.39 is 18.3 Å². The number of rotatable bonds is 4. The first kappa shape index (κ1) is 18.7. The van der Waals surface area contributed by atoms with Crippen LogP contribution < -0.4 is 5.32 Å². The summed E-state index contributed by atoms with van der Waals surface area (Å²) in [4.78, 5) is 11.4. The first-order valence-electron chi connectivity index (χ1n) is 8.97. The van der Waals surface area contributed by atoms with Gasteiger partial charge in [-0.2, -0.15) is 0 Å². The first-order valence-corrected chi connectivity index (χ1v) is 8.97. The minimum Gasteiger partial charge on any atom is -0.400 e. The van der Waals surface area contributed by atoms with Crippen molar-refractivity contribution in [1.82, 2.24) is 5.32 Å². The van der Waals surface area contributed by atoms with Gasteiger partial charge in [0.15, 0.2) is 0 Å². The van der Waals surface area contributed by atoms with Gasteiger partial charge in [0.05, 0.1) is 11.2 Å². The smallest absolute Gasteiger partial charge is 0.400 e. The Kier molecular flexibility index (Phi) is 4.95. The fourth-order valence-electron chi connectivity index (χ4n) is 2.94. The number of fused-ring (bicyclic) bond motifs is 1. The van der Waals surface area contributed by atoms with Crippen molar-refractivity contribution in [3.63, 3.8) is 0 Å². The minimum atomic E-state index is -0.488. The van der Waals surface area contributed by atoms with Crippen LogP contribution >= 0.6 is 0 Å². The van der Waals surface area contributed by atoms with Gasteiger partial charge in [0.2, 0.25) is 5.91 Å². The predicted molar refractivity (Wildman–Crippen MR) is 107 cm³/mol. The van der Waals surface area contributed by atoms with Crippen molar-refractivity contribution in [2.45, 2.75) is 45.8 Å². The number of hydrogen-bond acceptors (Lipinski definition) is 3. The van der Waals surface area contributed by atoms with Gasteiger partial charge in [-0.25, -0.2) is 0 Å². The number of carbonyl (C=O) groups is 1. The lowest BCUT2D eigenvalue weighted by Gasteiger charge is -2.32. The van der Waals surface area contributed by atoms with E-state index in [1.54, 1.807) is 0 Å². The molecule has 5 heteroatoms. The van der Waals surface area contributed by atoms with Crippen molar-refractivity contribution < 1.29 is 14.1 Å². The fourth-order valence-corrected chi connectivity index (χ4v) is 2.94. The summed E-state index contributed by atoms with van der Waals surface area (Å²) < 4.78 is 12.4. The highest BCUT2D eigenvalue weighted by Crippen LogP contribution is 2.38. The Morgan fingerprint density at radius 1 is 1.04 bits per heavy atom. The van der Waals surface area contributed by atoms with E-state index in [0.29, 0.717) is 6.54 Å². The van der Waals surface area contributed by atoms with E-state index in [1.807, 2.05) is 45.9 Å². The molecular weight excluding hydrogens is 325 g/mol. The third-order valence-electron chi connectivity index (χ3n) is 5.22. The minimum absolute atomic E-state index is 0.0778. The molecule has 0 atom stereocenters.